The Morgan fingerprint density at radius 1 is 1.22 bits per heavy atom. The third-order valence-corrected chi connectivity index (χ3v) is 5.75. The summed E-state index contributed by atoms with van der Waals surface area (Å²) in [5, 5.41) is 12.4. The second kappa shape index (κ2) is 8.43. The lowest BCUT2D eigenvalue weighted by Gasteiger charge is -2.39. The van der Waals surface area contributed by atoms with Crippen LogP contribution in [-0.4, -0.2) is 41.9 Å². The van der Waals surface area contributed by atoms with Gasteiger partial charge in [0.05, 0.1) is 13.2 Å². The van der Waals surface area contributed by atoms with E-state index < -0.39 is 5.54 Å². The van der Waals surface area contributed by atoms with Gasteiger partial charge in [0.1, 0.15) is 11.8 Å². The lowest BCUT2D eigenvalue weighted by atomic mass is 9.78. The molecule has 1 atom stereocenters. The standard InChI is InChI=1S/C21H27N3O3/c1-27-18-9-7-16(8-10-18)20(26)23-21(11-3-2-4-12-21)14-19(25)24-13-5-6-17(24)15-22/h7-10,17H,2-6,11-14H2,1H3,(H,23,26)/t17-/m0/s1. The van der Waals surface area contributed by atoms with Crippen molar-refractivity contribution in [1.29, 1.82) is 5.26 Å². The van der Waals surface area contributed by atoms with E-state index in [1.807, 2.05) is 0 Å². The summed E-state index contributed by atoms with van der Waals surface area (Å²) in [4.78, 5) is 27.4. The number of nitriles is 1. The highest BCUT2D eigenvalue weighted by Gasteiger charge is 2.39. The van der Waals surface area contributed by atoms with Crippen LogP contribution in [-0.2, 0) is 4.79 Å². The van der Waals surface area contributed by atoms with Gasteiger partial charge in [0, 0.05) is 24.1 Å². The predicted molar refractivity (Wildman–Crippen MR) is 101 cm³/mol. The summed E-state index contributed by atoms with van der Waals surface area (Å²) in [5.74, 6) is 0.521. The summed E-state index contributed by atoms with van der Waals surface area (Å²) in [6, 6.07) is 8.89. The number of carbonyl (C=O) groups excluding carboxylic acids is 2. The fourth-order valence-corrected chi connectivity index (χ4v) is 4.22. The third kappa shape index (κ3) is 4.41. The number of ether oxygens (including phenoxy) is 1. The Labute approximate surface area is 160 Å². The first kappa shape index (κ1) is 19.2. The molecule has 27 heavy (non-hydrogen) atoms. The number of rotatable bonds is 5. The van der Waals surface area contributed by atoms with E-state index in [9.17, 15) is 14.9 Å². The monoisotopic (exact) mass is 369 g/mol. The topological polar surface area (TPSA) is 82.4 Å². The van der Waals surface area contributed by atoms with Crippen LogP contribution in [0.5, 0.6) is 5.75 Å². The number of nitrogens with zero attached hydrogens (tertiary/aromatic N) is 2. The van der Waals surface area contributed by atoms with Gasteiger partial charge in [-0.05, 0) is 49.9 Å². The van der Waals surface area contributed by atoms with Gasteiger partial charge in [-0.25, -0.2) is 0 Å². The van der Waals surface area contributed by atoms with Crippen molar-refractivity contribution in [2.24, 2.45) is 0 Å². The van der Waals surface area contributed by atoms with Gasteiger partial charge >= 0.3 is 0 Å². The van der Waals surface area contributed by atoms with E-state index in [2.05, 4.69) is 11.4 Å². The molecule has 1 saturated heterocycles. The van der Waals surface area contributed by atoms with E-state index in [1.165, 1.54) is 0 Å². The van der Waals surface area contributed by atoms with Crippen LogP contribution in [0.1, 0.15) is 61.7 Å². The molecule has 1 aromatic rings. The largest absolute Gasteiger partial charge is 0.497 e. The molecule has 1 heterocycles. The van der Waals surface area contributed by atoms with Crippen LogP contribution in [0.4, 0.5) is 0 Å². The smallest absolute Gasteiger partial charge is 0.251 e. The second-order valence-corrected chi connectivity index (χ2v) is 7.57. The van der Waals surface area contributed by atoms with Crippen molar-refractivity contribution in [3.8, 4) is 11.8 Å². The maximum absolute atomic E-state index is 12.9. The number of hydrogen-bond donors (Lipinski definition) is 1. The molecule has 1 saturated carbocycles. The zero-order valence-electron chi connectivity index (χ0n) is 15.9. The first-order valence-electron chi connectivity index (χ1n) is 9.72. The van der Waals surface area contributed by atoms with Gasteiger partial charge in [0.25, 0.3) is 5.91 Å². The van der Waals surface area contributed by atoms with Gasteiger partial charge in [0.2, 0.25) is 5.91 Å². The van der Waals surface area contributed by atoms with Crippen LogP contribution in [0, 0.1) is 11.3 Å². The molecular formula is C21H27N3O3. The zero-order valence-corrected chi connectivity index (χ0v) is 15.9. The summed E-state index contributed by atoms with van der Waals surface area (Å²) in [7, 11) is 1.59. The van der Waals surface area contributed by atoms with Gasteiger partial charge in [0.15, 0.2) is 0 Å². The normalized spacial score (nSPS) is 21.3. The fraction of sp³-hybridized carbons (Fsp3) is 0.571. The number of amides is 2. The minimum Gasteiger partial charge on any atom is -0.497 e. The SMILES string of the molecule is COc1ccc(C(=O)NC2(CC(=O)N3CCC[C@H]3C#N)CCCCC2)cc1. The number of hydrogen-bond acceptors (Lipinski definition) is 4. The molecule has 0 radical (unpaired) electrons. The number of nitrogens with one attached hydrogen (secondary N) is 1. The molecule has 2 amide bonds. The van der Waals surface area contributed by atoms with Gasteiger partial charge < -0.3 is 15.0 Å². The summed E-state index contributed by atoms with van der Waals surface area (Å²) in [6.45, 7) is 0.638. The predicted octanol–water partition coefficient (Wildman–Crippen LogP) is 3.03. The average Bonchev–Trinajstić information content (AvgIpc) is 3.17. The average molecular weight is 369 g/mol. The molecule has 0 aromatic heterocycles. The Morgan fingerprint density at radius 3 is 2.56 bits per heavy atom. The third-order valence-electron chi connectivity index (χ3n) is 5.75. The van der Waals surface area contributed by atoms with Crippen LogP contribution >= 0.6 is 0 Å². The van der Waals surface area contributed by atoms with E-state index in [0.29, 0.717) is 17.9 Å². The molecule has 2 aliphatic rings. The van der Waals surface area contributed by atoms with Crippen molar-refractivity contribution < 1.29 is 14.3 Å². The molecule has 0 spiro atoms. The van der Waals surface area contributed by atoms with Crippen LogP contribution in [0.15, 0.2) is 24.3 Å². The molecular weight excluding hydrogens is 342 g/mol. The number of carbonyl (C=O) groups is 2. The van der Waals surface area contributed by atoms with Gasteiger partial charge in [-0.2, -0.15) is 5.26 Å². The quantitative estimate of drug-likeness (QED) is 0.865. The molecule has 3 rings (SSSR count). The highest BCUT2D eigenvalue weighted by atomic mass is 16.5. The first-order valence-corrected chi connectivity index (χ1v) is 9.72. The Hall–Kier alpha value is -2.55. The van der Waals surface area contributed by atoms with E-state index in [4.69, 9.17) is 4.74 Å². The van der Waals surface area contributed by atoms with Crippen molar-refractivity contribution in [3.05, 3.63) is 29.8 Å². The van der Waals surface area contributed by atoms with Crippen molar-refractivity contribution in [2.45, 2.75) is 62.9 Å². The molecule has 1 aliphatic heterocycles. The van der Waals surface area contributed by atoms with Crippen LogP contribution in [0.25, 0.3) is 0 Å². The summed E-state index contributed by atoms with van der Waals surface area (Å²) >= 11 is 0. The molecule has 6 heteroatoms. The summed E-state index contributed by atoms with van der Waals surface area (Å²) in [5.41, 5.74) is 0.0406. The first-order chi connectivity index (χ1) is 13.1. The summed E-state index contributed by atoms with van der Waals surface area (Å²) in [6.07, 6.45) is 6.60. The van der Waals surface area contributed by atoms with Crippen LogP contribution in [0.3, 0.4) is 0 Å². The molecule has 1 N–H and O–H groups in total. The molecule has 0 bridgehead atoms. The Kier molecular flexibility index (Phi) is 6.00. The molecule has 144 valence electrons. The minimum atomic E-state index is -0.519. The number of methoxy groups -OCH3 is 1. The fourth-order valence-electron chi connectivity index (χ4n) is 4.22. The van der Waals surface area contributed by atoms with Crippen LogP contribution < -0.4 is 10.1 Å². The van der Waals surface area contributed by atoms with Crippen molar-refractivity contribution in [1.82, 2.24) is 10.2 Å². The van der Waals surface area contributed by atoms with Crippen LogP contribution in [0.2, 0.25) is 0 Å². The van der Waals surface area contributed by atoms with E-state index in [0.717, 1.165) is 44.9 Å². The maximum Gasteiger partial charge on any atom is 0.251 e. The minimum absolute atomic E-state index is 0.0176. The van der Waals surface area contributed by atoms with Crippen molar-refractivity contribution >= 4 is 11.8 Å². The highest BCUT2D eigenvalue weighted by molar-refractivity contribution is 5.95. The number of likely N-dealkylation sites (tertiary alicyclic amines) is 1. The molecule has 2 fully saturated rings. The molecule has 1 aliphatic carbocycles. The lowest BCUT2D eigenvalue weighted by Crippen LogP contribution is -2.53. The Balaban J connectivity index is 1.73. The van der Waals surface area contributed by atoms with Gasteiger partial charge in [-0.3, -0.25) is 9.59 Å². The highest BCUT2D eigenvalue weighted by Crippen LogP contribution is 2.33. The number of benzene rings is 1. The second-order valence-electron chi connectivity index (χ2n) is 7.57. The van der Waals surface area contributed by atoms with Gasteiger partial charge in [-0.1, -0.05) is 19.3 Å². The Bertz CT molecular complexity index is 717. The van der Waals surface area contributed by atoms with Crippen molar-refractivity contribution in [3.63, 3.8) is 0 Å². The lowest BCUT2D eigenvalue weighted by molar-refractivity contribution is -0.133. The summed E-state index contributed by atoms with van der Waals surface area (Å²) < 4.78 is 5.14. The Morgan fingerprint density at radius 2 is 1.93 bits per heavy atom. The van der Waals surface area contributed by atoms with Gasteiger partial charge in [-0.15, -0.1) is 0 Å². The van der Waals surface area contributed by atoms with E-state index in [1.54, 1.807) is 36.3 Å². The van der Waals surface area contributed by atoms with E-state index in [-0.39, 0.29) is 24.3 Å². The zero-order chi connectivity index (χ0) is 19.3. The van der Waals surface area contributed by atoms with E-state index >= 15 is 0 Å². The molecule has 1 aromatic carbocycles. The molecule has 6 nitrogen and oxygen atoms in total. The van der Waals surface area contributed by atoms with Crippen molar-refractivity contribution in [2.75, 3.05) is 13.7 Å². The maximum atomic E-state index is 12.9. The molecule has 0 unspecified atom stereocenters.